The Morgan fingerprint density at radius 1 is 1.33 bits per heavy atom. The van der Waals surface area contributed by atoms with Gasteiger partial charge in [0.05, 0.1) is 5.92 Å². The van der Waals surface area contributed by atoms with Crippen molar-refractivity contribution in [3.05, 3.63) is 29.8 Å². The summed E-state index contributed by atoms with van der Waals surface area (Å²) in [6.07, 6.45) is 0.999. The molecule has 1 aromatic carbocycles. The first-order valence-corrected chi connectivity index (χ1v) is 5.46. The Kier molecular flexibility index (Phi) is 2.29. The predicted molar refractivity (Wildman–Crippen MR) is 61.9 cm³/mol. The third-order valence-electron chi connectivity index (χ3n) is 3.48. The van der Waals surface area contributed by atoms with Crippen molar-refractivity contribution >= 4 is 11.6 Å². The monoisotopic (exact) mass is 203 g/mol. The summed E-state index contributed by atoms with van der Waals surface area (Å²) in [7, 11) is 0. The van der Waals surface area contributed by atoms with Crippen LogP contribution in [0.2, 0.25) is 0 Å². The van der Waals surface area contributed by atoms with E-state index >= 15 is 0 Å². The summed E-state index contributed by atoms with van der Waals surface area (Å²) in [5.74, 6) is 0.141. The second-order valence-electron chi connectivity index (χ2n) is 4.85. The van der Waals surface area contributed by atoms with E-state index in [4.69, 9.17) is 0 Å². The molecule has 2 rings (SSSR count). The van der Waals surface area contributed by atoms with Crippen molar-refractivity contribution in [1.29, 1.82) is 0 Å². The SMILES string of the molecule is CCC(C)(C)C1C(=O)Nc2ccccc21. The van der Waals surface area contributed by atoms with Gasteiger partial charge in [0.2, 0.25) is 5.91 Å². The molecule has 0 saturated carbocycles. The quantitative estimate of drug-likeness (QED) is 0.786. The molecule has 2 heteroatoms. The molecule has 1 aliphatic rings. The highest BCUT2D eigenvalue weighted by Gasteiger charge is 2.40. The van der Waals surface area contributed by atoms with Gasteiger partial charge >= 0.3 is 0 Å². The van der Waals surface area contributed by atoms with E-state index in [1.807, 2.05) is 18.2 Å². The fraction of sp³-hybridized carbons (Fsp3) is 0.462. The Morgan fingerprint density at radius 3 is 2.67 bits per heavy atom. The number of carbonyl (C=O) groups is 1. The van der Waals surface area contributed by atoms with Gasteiger partial charge in [-0.05, 0) is 23.5 Å². The van der Waals surface area contributed by atoms with Gasteiger partial charge in [-0.15, -0.1) is 0 Å². The zero-order valence-electron chi connectivity index (χ0n) is 9.50. The van der Waals surface area contributed by atoms with E-state index in [-0.39, 0.29) is 17.2 Å². The number of nitrogens with one attached hydrogen (secondary N) is 1. The van der Waals surface area contributed by atoms with Crippen LogP contribution in [0.1, 0.15) is 38.7 Å². The lowest BCUT2D eigenvalue weighted by atomic mass is 9.74. The van der Waals surface area contributed by atoms with Crippen LogP contribution in [-0.2, 0) is 4.79 Å². The molecule has 0 aromatic heterocycles. The van der Waals surface area contributed by atoms with Crippen molar-refractivity contribution in [3.8, 4) is 0 Å². The highest BCUT2D eigenvalue weighted by atomic mass is 16.2. The molecule has 0 spiro atoms. The molecule has 0 saturated heterocycles. The summed E-state index contributed by atoms with van der Waals surface area (Å²) in [5, 5.41) is 2.95. The first-order chi connectivity index (χ1) is 7.06. The fourth-order valence-electron chi connectivity index (χ4n) is 2.19. The van der Waals surface area contributed by atoms with E-state index in [1.165, 1.54) is 0 Å². The van der Waals surface area contributed by atoms with Gasteiger partial charge in [0.15, 0.2) is 0 Å². The maximum absolute atomic E-state index is 11.9. The highest BCUT2D eigenvalue weighted by Crippen LogP contribution is 2.45. The van der Waals surface area contributed by atoms with Gasteiger partial charge in [-0.2, -0.15) is 0 Å². The van der Waals surface area contributed by atoms with Crippen LogP contribution in [0, 0.1) is 5.41 Å². The van der Waals surface area contributed by atoms with Gasteiger partial charge in [-0.1, -0.05) is 39.0 Å². The molecule has 15 heavy (non-hydrogen) atoms. The largest absolute Gasteiger partial charge is 0.325 e. The molecule has 0 fully saturated rings. The van der Waals surface area contributed by atoms with Crippen LogP contribution >= 0.6 is 0 Å². The van der Waals surface area contributed by atoms with Crippen LogP contribution in [-0.4, -0.2) is 5.91 Å². The van der Waals surface area contributed by atoms with Crippen LogP contribution in [0.4, 0.5) is 5.69 Å². The lowest BCUT2D eigenvalue weighted by Crippen LogP contribution is -2.27. The molecule has 0 radical (unpaired) electrons. The second kappa shape index (κ2) is 3.37. The molecule has 1 atom stereocenters. The summed E-state index contributed by atoms with van der Waals surface area (Å²) in [4.78, 5) is 11.9. The lowest BCUT2D eigenvalue weighted by molar-refractivity contribution is -0.119. The first kappa shape index (κ1) is 10.2. The van der Waals surface area contributed by atoms with Crippen molar-refractivity contribution < 1.29 is 4.79 Å². The van der Waals surface area contributed by atoms with Gasteiger partial charge in [-0.3, -0.25) is 4.79 Å². The maximum atomic E-state index is 11.9. The molecule has 80 valence electrons. The lowest BCUT2D eigenvalue weighted by Gasteiger charge is -2.28. The predicted octanol–water partition coefficient (Wildman–Crippen LogP) is 3.16. The standard InChI is InChI=1S/C13H17NO/c1-4-13(2,3)11-9-7-5-6-8-10(9)14-12(11)15/h5-8,11H,4H2,1-3H3,(H,14,15). The van der Waals surface area contributed by atoms with Crippen molar-refractivity contribution in [2.75, 3.05) is 5.32 Å². The molecule has 1 aromatic rings. The van der Waals surface area contributed by atoms with Crippen LogP contribution in [0.15, 0.2) is 24.3 Å². The average Bonchev–Trinajstić information content (AvgIpc) is 2.54. The van der Waals surface area contributed by atoms with E-state index in [9.17, 15) is 4.79 Å². The third-order valence-corrected chi connectivity index (χ3v) is 3.48. The Hall–Kier alpha value is -1.31. The van der Waals surface area contributed by atoms with Gasteiger partial charge in [-0.25, -0.2) is 0 Å². The van der Waals surface area contributed by atoms with Gasteiger partial charge in [0.1, 0.15) is 0 Å². The van der Waals surface area contributed by atoms with Gasteiger partial charge < -0.3 is 5.32 Å². The Balaban J connectivity index is 2.46. The molecule has 0 bridgehead atoms. The summed E-state index contributed by atoms with van der Waals surface area (Å²) in [5.41, 5.74) is 2.15. The minimum Gasteiger partial charge on any atom is -0.325 e. The molecular formula is C13H17NO. The number of fused-ring (bicyclic) bond motifs is 1. The summed E-state index contributed by atoms with van der Waals surface area (Å²) < 4.78 is 0. The van der Waals surface area contributed by atoms with E-state index in [0.29, 0.717) is 0 Å². The van der Waals surface area contributed by atoms with Crippen LogP contribution in [0.25, 0.3) is 0 Å². The fourth-order valence-corrected chi connectivity index (χ4v) is 2.19. The minimum atomic E-state index is -0.00120. The Bertz CT molecular complexity index is 395. The smallest absolute Gasteiger partial charge is 0.232 e. The van der Waals surface area contributed by atoms with Crippen molar-refractivity contribution in [2.24, 2.45) is 5.41 Å². The molecule has 2 nitrogen and oxygen atoms in total. The van der Waals surface area contributed by atoms with Crippen molar-refractivity contribution in [2.45, 2.75) is 33.1 Å². The van der Waals surface area contributed by atoms with E-state index in [2.05, 4.69) is 32.2 Å². The summed E-state index contributed by atoms with van der Waals surface area (Å²) >= 11 is 0. The Labute approximate surface area is 90.7 Å². The number of hydrogen-bond donors (Lipinski definition) is 1. The van der Waals surface area contributed by atoms with E-state index in [1.54, 1.807) is 0 Å². The minimum absolute atomic E-state index is 0.00120. The molecule has 1 amide bonds. The zero-order chi connectivity index (χ0) is 11.1. The third kappa shape index (κ3) is 1.54. The molecule has 1 aliphatic heterocycles. The molecule has 1 N–H and O–H groups in total. The Morgan fingerprint density at radius 2 is 2.00 bits per heavy atom. The number of anilines is 1. The second-order valence-corrected chi connectivity index (χ2v) is 4.85. The number of amides is 1. The zero-order valence-corrected chi connectivity index (χ0v) is 9.50. The average molecular weight is 203 g/mol. The van der Waals surface area contributed by atoms with E-state index < -0.39 is 0 Å². The topological polar surface area (TPSA) is 29.1 Å². The van der Waals surface area contributed by atoms with E-state index in [0.717, 1.165) is 17.7 Å². The van der Waals surface area contributed by atoms with Gasteiger partial charge in [0.25, 0.3) is 0 Å². The van der Waals surface area contributed by atoms with Crippen LogP contribution in [0.3, 0.4) is 0 Å². The number of carbonyl (C=O) groups excluding carboxylic acids is 1. The molecule has 0 aliphatic carbocycles. The number of rotatable bonds is 2. The van der Waals surface area contributed by atoms with Gasteiger partial charge in [0, 0.05) is 5.69 Å². The van der Waals surface area contributed by atoms with Crippen LogP contribution < -0.4 is 5.32 Å². The summed E-state index contributed by atoms with van der Waals surface area (Å²) in [6, 6.07) is 7.98. The number of benzene rings is 1. The first-order valence-electron chi connectivity index (χ1n) is 5.46. The normalized spacial score (nSPS) is 19.9. The van der Waals surface area contributed by atoms with Crippen molar-refractivity contribution in [3.63, 3.8) is 0 Å². The van der Waals surface area contributed by atoms with Crippen molar-refractivity contribution in [1.82, 2.24) is 0 Å². The summed E-state index contributed by atoms with van der Waals surface area (Å²) in [6.45, 7) is 6.44. The van der Waals surface area contributed by atoms with Crippen LogP contribution in [0.5, 0.6) is 0 Å². The molecule has 1 unspecified atom stereocenters. The number of para-hydroxylation sites is 1. The maximum Gasteiger partial charge on any atom is 0.232 e. The molecular weight excluding hydrogens is 186 g/mol. The highest BCUT2D eigenvalue weighted by molar-refractivity contribution is 6.03. The molecule has 1 heterocycles. The number of hydrogen-bond acceptors (Lipinski definition) is 1.